The molecule has 0 amide bonds. The maximum atomic E-state index is 5.91. The van der Waals surface area contributed by atoms with Crippen molar-refractivity contribution in [1.29, 1.82) is 0 Å². The molecule has 20 heavy (non-hydrogen) atoms. The molecule has 1 saturated carbocycles. The molecule has 0 aliphatic heterocycles. The van der Waals surface area contributed by atoms with Gasteiger partial charge in [-0.05, 0) is 50.6 Å². The predicted octanol–water partition coefficient (Wildman–Crippen LogP) is 2.73. The minimum absolute atomic E-state index is 0.0626. The fraction of sp³-hybridized carbons (Fsp3) is 0.875. The number of methoxy groups -OCH3 is 2. The van der Waals surface area contributed by atoms with Crippen LogP contribution in [0, 0.1) is 5.92 Å². The van der Waals surface area contributed by atoms with Gasteiger partial charge < -0.3 is 14.2 Å². The summed E-state index contributed by atoms with van der Waals surface area (Å²) in [5, 5.41) is 3.25. The van der Waals surface area contributed by atoms with Crippen molar-refractivity contribution in [3.63, 3.8) is 0 Å². The van der Waals surface area contributed by atoms with Gasteiger partial charge in [0.05, 0.1) is 18.8 Å². The molecule has 0 aromatic heterocycles. The Morgan fingerprint density at radius 1 is 1.20 bits per heavy atom. The maximum Gasteiger partial charge on any atom is 0.127 e. The minimum atomic E-state index is -0.0626. The molecular formula is C16H31NO3. The third kappa shape index (κ3) is 6.35. The Morgan fingerprint density at radius 3 is 2.25 bits per heavy atom. The summed E-state index contributed by atoms with van der Waals surface area (Å²) in [6.07, 6.45) is 7.96. The molecule has 1 aliphatic rings. The fourth-order valence-corrected chi connectivity index (χ4v) is 2.86. The first-order valence-corrected chi connectivity index (χ1v) is 7.76. The normalized spacial score (nSPS) is 29.4. The van der Waals surface area contributed by atoms with Gasteiger partial charge in [0.25, 0.3) is 0 Å². The Kier molecular flexibility index (Phi) is 9.10. The maximum absolute atomic E-state index is 5.91. The second-order valence-electron chi connectivity index (χ2n) is 5.53. The van der Waals surface area contributed by atoms with Crippen molar-refractivity contribution in [2.75, 3.05) is 27.4 Å². The highest BCUT2D eigenvalue weighted by atomic mass is 16.5. The van der Waals surface area contributed by atoms with Crippen LogP contribution in [0.4, 0.5) is 0 Å². The second-order valence-corrected chi connectivity index (χ2v) is 5.53. The van der Waals surface area contributed by atoms with Crippen LogP contribution >= 0.6 is 0 Å². The van der Waals surface area contributed by atoms with Gasteiger partial charge in [-0.25, -0.2) is 0 Å². The predicted molar refractivity (Wildman–Crippen MR) is 81.8 cm³/mol. The van der Waals surface area contributed by atoms with E-state index >= 15 is 0 Å². The van der Waals surface area contributed by atoms with Gasteiger partial charge in [0.2, 0.25) is 0 Å². The summed E-state index contributed by atoms with van der Waals surface area (Å²) in [6.45, 7) is 7.47. The van der Waals surface area contributed by atoms with Gasteiger partial charge in [0.15, 0.2) is 0 Å². The molecule has 0 saturated heterocycles. The molecule has 1 rings (SSSR count). The van der Waals surface area contributed by atoms with Crippen molar-refractivity contribution < 1.29 is 14.2 Å². The summed E-state index contributed by atoms with van der Waals surface area (Å²) in [7, 11) is 3.62. The van der Waals surface area contributed by atoms with Gasteiger partial charge >= 0.3 is 0 Å². The van der Waals surface area contributed by atoms with E-state index in [0.29, 0.717) is 18.1 Å². The van der Waals surface area contributed by atoms with Crippen LogP contribution in [0.2, 0.25) is 0 Å². The molecule has 3 atom stereocenters. The van der Waals surface area contributed by atoms with Crippen molar-refractivity contribution in [1.82, 2.24) is 5.32 Å². The standard InChI is InChI=1S/C16H31NO3/c1-5-16(17-6-2)20-12-13-10-14(18-3)8-7-9-15(11-13)19-4/h5,13-17H,1,6-12H2,2-4H3. The molecule has 3 unspecified atom stereocenters. The van der Waals surface area contributed by atoms with Crippen LogP contribution in [0.3, 0.4) is 0 Å². The largest absolute Gasteiger partial charge is 0.381 e. The van der Waals surface area contributed by atoms with E-state index in [0.717, 1.165) is 38.8 Å². The number of likely N-dealkylation sites (N-methyl/N-ethyl adjacent to an activating group) is 1. The number of nitrogens with one attached hydrogen (secondary N) is 1. The molecule has 0 heterocycles. The van der Waals surface area contributed by atoms with Crippen molar-refractivity contribution in [2.24, 2.45) is 5.92 Å². The second kappa shape index (κ2) is 10.3. The topological polar surface area (TPSA) is 39.7 Å². The third-order valence-electron chi connectivity index (χ3n) is 4.04. The van der Waals surface area contributed by atoms with Crippen LogP contribution in [0.1, 0.15) is 39.0 Å². The molecule has 0 spiro atoms. The SMILES string of the molecule is C=CC(NCC)OCC1CC(OC)CCCC(OC)C1. The highest BCUT2D eigenvalue weighted by Crippen LogP contribution is 2.26. The third-order valence-corrected chi connectivity index (χ3v) is 4.04. The molecular weight excluding hydrogens is 254 g/mol. The van der Waals surface area contributed by atoms with Crippen LogP contribution < -0.4 is 5.32 Å². The Labute approximate surface area is 123 Å². The van der Waals surface area contributed by atoms with Gasteiger partial charge in [-0.3, -0.25) is 5.32 Å². The highest BCUT2D eigenvalue weighted by molar-refractivity contribution is 4.79. The van der Waals surface area contributed by atoms with Crippen LogP contribution in [-0.2, 0) is 14.2 Å². The first-order valence-electron chi connectivity index (χ1n) is 7.76. The molecule has 4 heteroatoms. The first-order chi connectivity index (χ1) is 9.73. The van der Waals surface area contributed by atoms with E-state index in [9.17, 15) is 0 Å². The molecule has 0 aromatic rings. The lowest BCUT2D eigenvalue weighted by atomic mass is 9.88. The van der Waals surface area contributed by atoms with Crippen LogP contribution in [-0.4, -0.2) is 45.8 Å². The monoisotopic (exact) mass is 285 g/mol. The van der Waals surface area contributed by atoms with Crippen LogP contribution in [0.15, 0.2) is 12.7 Å². The van der Waals surface area contributed by atoms with Gasteiger partial charge in [-0.2, -0.15) is 0 Å². The molecule has 0 radical (unpaired) electrons. The Balaban J connectivity index is 2.49. The van der Waals surface area contributed by atoms with Crippen molar-refractivity contribution in [3.05, 3.63) is 12.7 Å². The Hall–Kier alpha value is -0.420. The van der Waals surface area contributed by atoms with E-state index < -0.39 is 0 Å². The summed E-state index contributed by atoms with van der Waals surface area (Å²) < 4.78 is 17.1. The summed E-state index contributed by atoms with van der Waals surface area (Å²) in [5.41, 5.74) is 0. The lowest BCUT2D eigenvalue weighted by Crippen LogP contribution is -2.33. The van der Waals surface area contributed by atoms with Gasteiger partial charge in [-0.15, -0.1) is 0 Å². The number of ether oxygens (including phenoxy) is 3. The van der Waals surface area contributed by atoms with Crippen LogP contribution in [0.25, 0.3) is 0 Å². The van der Waals surface area contributed by atoms with E-state index in [4.69, 9.17) is 14.2 Å². The van der Waals surface area contributed by atoms with Gasteiger partial charge in [-0.1, -0.05) is 13.5 Å². The zero-order valence-corrected chi connectivity index (χ0v) is 13.3. The molecule has 1 N–H and O–H groups in total. The van der Waals surface area contributed by atoms with Crippen molar-refractivity contribution in [3.8, 4) is 0 Å². The minimum Gasteiger partial charge on any atom is -0.381 e. The van der Waals surface area contributed by atoms with E-state index in [1.54, 1.807) is 0 Å². The molecule has 1 aliphatic carbocycles. The zero-order chi connectivity index (χ0) is 14.8. The number of rotatable bonds is 8. The lowest BCUT2D eigenvalue weighted by molar-refractivity contribution is -0.0213. The van der Waals surface area contributed by atoms with Crippen LogP contribution in [0.5, 0.6) is 0 Å². The Bertz CT molecular complexity index is 246. The van der Waals surface area contributed by atoms with Crippen molar-refractivity contribution in [2.45, 2.75) is 57.5 Å². The highest BCUT2D eigenvalue weighted by Gasteiger charge is 2.24. The first kappa shape index (κ1) is 17.6. The zero-order valence-electron chi connectivity index (χ0n) is 13.3. The van der Waals surface area contributed by atoms with E-state index in [-0.39, 0.29) is 6.23 Å². The summed E-state index contributed by atoms with van der Waals surface area (Å²) in [5.74, 6) is 0.478. The Morgan fingerprint density at radius 2 is 1.80 bits per heavy atom. The average molecular weight is 285 g/mol. The summed E-state index contributed by atoms with van der Waals surface area (Å²) in [6, 6.07) is 0. The van der Waals surface area contributed by atoms with Gasteiger partial charge in [0.1, 0.15) is 6.23 Å². The van der Waals surface area contributed by atoms with Crippen molar-refractivity contribution >= 4 is 0 Å². The smallest absolute Gasteiger partial charge is 0.127 e. The van der Waals surface area contributed by atoms with E-state index in [1.165, 1.54) is 6.42 Å². The molecule has 4 nitrogen and oxygen atoms in total. The molecule has 1 fully saturated rings. The molecule has 0 aromatic carbocycles. The summed E-state index contributed by atoms with van der Waals surface area (Å²) >= 11 is 0. The fourth-order valence-electron chi connectivity index (χ4n) is 2.86. The molecule has 0 bridgehead atoms. The summed E-state index contributed by atoms with van der Waals surface area (Å²) in [4.78, 5) is 0. The average Bonchev–Trinajstić information content (AvgIpc) is 2.45. The molecule has 118 valence electrons. The van der Waals surface area contributed by atoms with E-state index in [2.05, 4.69) is 18.8 Å². The number of hydrogen-bond acceptors (Lipinski definition) is 4. The number of hydrogen-bond donors (Lipinski definition) is 1. The van der Waals surface area contributed by atoms with E-state index in [1.807, 2.05) is 20.3 Å². The quantitative estimate of drug-likeness (QED) is 0.550. The van der Waals surface area contributed by atoms with Gasteiger partial charge in [0, 0.05) is 14.2 Å². The lowest BCUT2D eigenvalue weighted by Gasteiger charge is -2.30.